The van der Waals surface area contributed by atoms with E-state index in [1.807, 2.05) is 30.0 Å². The second-order valence-electron chi connectivity index (χ2n) is 11.6. The van der Waals surface area contributed by atoms with Gasteiger partial charge in [0.15, 0.2) is 0 Å². The number of benzodiazepines with no additional fused rings is 1. The van der Waals surface area contributed by atoms with Crippen LogP contribution >= 0.6 is 0 Å². The molecule has 1 atom stereocenters. The molecule has 2 N–H and O–H groups in total. The summed E-state index contributed by atoms with van der Waals surface area (Å²) in [5, 5.41) is 5.47. The minimum atomic E-state index is -1.40. The summed E-state index contributed by atoms with van der Waals surface area (Å²) in [5.41, 5.74) is 2.99. The van der Waals surface area contributed by atoms with Crippen LogP contribution in [0, 0.1) is 17.7 Å². The number of benzene rings is 3. The van der Waals surface area contributed by atoms with Crippen molar-refractivity contribution in [3.8, 4) is 0 Å². The Bertz CT molecular complexity index is 1550. The van der Waals surface area contributed by atoms with Gasteiger partial charge < -0.3 is 15.5 Å². The van der Waals surface area contributed by atoms with Crippen molar-refractivity contribution in [2.24, 2.45) is 16.8 Å². The fraction of sp³-hybridized carbons (Fsp3) is 0.353. The molecule has 1 saturated carbocycles. The summed E-state index contributed by atoms with van der Waals surface area (Å²) < 4.78 is 15.2. The third-order valence-corrected chi connectivity index (χ3v) is 8.77. The lowest BCUT2D eigenvalue weighted by atomic mass is 9.84. The minimum Gasteiger partial charge on any atom is -0.341 e. The van der Waals surface area contributed by atoms with Gasteiger partial charge in [-0.3, -0.25) is 14.5 Å². The molecule has 2 bridgehead atoms. The second-order valence-corrected chi connectivity index (χ2v) is 11.6. The topological polar surface area (TPSA) is 94.1 Å². The van der Waals surface area contributed by atoms with Crippen LogP contribution in [0.25, 0.3) is 0 Å². The Morgan fingerprint density at radius 3 is 2.28 bits per heavy atom. The third kappa shape index (κ3) is 6.16. The molecule has 3 aromatic rings. The second kappa shape index (κ2) is 12.4. The smallest absolute Gasteiger partial charge is 0.321 e. The first-order valence-corrected chi connectivity index (χ1v) is 15.1. The van der Waals surface area contributed by atoms with Crippen LogP contribution in [0.3, 0.4) is 0 Å². The van der Waals surface area contributed by atoms with E-state index in [1.165, 1.54) is 11.0 Å². The average Bonchev–Trinajstić information content (AvgIpc) is 3.40. The standard InChI is InChI=1S/C34H36FN5O3/c1-2-22-8-7-9-25(18-22)36-34(43)38-32-33(42)40(21-30(41)39-19-23-14-15-24(20-39)17-16-23)29-13-6-4-11-27(29)31(37-32)26-10-3-5-12-28(26)35/h3-13,18,23-24,32H,2,14-17,19-21H2,1H3,(H2,36,38,43). The molecule has 3 heterocycles. The number of aliphatic imine (C=N–C) groups is 1. The molecule has 3 aromatic carbocycles. The molecule has 43 heavy (non-hydrogen) atoms. The van der Waals surface area contributed by atoms with Crippen LogP contribution in [0.2, 0.25) is 0 Å². The molecule has 0 radical (unpaired) electrons. The van der Waals surface area contributed by atoms with Gasteiger partial charge in [-0.25, -0.2) is 14.2 Å². The van der Waals surface area contributed by atoms with Crippen LogP contribution in [0.15, 0.2) is 77.8 Å². The van der Waals surface area contributed by atoms with Crippen molar-refractivity contribution >= 4 is 34.9 Å². The lowest BCUT2D eigenvalue weighted by Crippen LogP contribution is -2.51. The highest BCUT2D eigenvalue weighted by Crippen LogP contribution is 2.34. The van der Waals surface area contributed by atoms with Gasteiger partial charge >= 0.3 is 6.03 Å². The van der Waals surface area contributed by atoms with E-state index in [-0.39, 0.29) is 23.7 Å². The van der Waals surface area contributed by atoms with Crippen LogP contribution in [-0.2, 0) is 16.0 Å². The van der Waals surface area contributed by atoms with Crippen LogP contribution in [-0.4, -0.2) is 54.3 Å². The van der Waals surface area contributed by atoms with Gasteiger partial charge in [0, 0.05) is 29.9 Å². The fourth-order valence-electron chi connectivity index (χ4n) is 6.45. The van der Waals surface area contributed by atoms with Crippen LogP contribution < -0.4 is 15.5 Å². The number of para-hydroxylation sites is 1. The van der Waals surface area contributed by atoms with Gasteiger partial charge in [-0.1, -0.05) is 49.4 Å². The number of aryl methyl sites for hydroxylation is 1. The highest BCUT2D eigenvalue weighted by atomic mass is 19.1. The third-order valence-electron chi connectivity index (χ3n) is 8.77. The Labute approximate surface area is 251 Å². The molecule has 1 aliphatic carbocycles. The quantitative estimate of drug-likeness (QED) is 0.410. The predicted molar refractivity (Wildman–Crippen MR) is 165 cm³/mol. The SMILES string of the molecule is CCc1cccc(NC(=O)NC2N=C(c3ccccc3F)c3ccccc3N(CC(=O)N3CC4CCC(CC4)C3)C2=O)c1. The van der Waals surface area contributed by atoms with Gasteiger partial charge in [0.1, 0.15) is 12.4 Å². The van der Waals surface area contributed by atoms with E-state index < -0.39 is 23.9 Å². The first-order valence-electron chi connectivity index (χ1n) is 15.1. The number of amides is 4. The number of nitrogens with one attached hydrogen (secondary N) is 2. The van der Waals surface area contributed by atoms with E-state index in [0.717, 1.165) is 37.7 Å². The highest BCUT2D eigenvalue weighted by molar-refractivity contribution is 6.21. The fourth-order valence-corrected chi connectivity index (χ4v) is 6.45. The van der Waals surface area contributed by atoms with E-state index in [0.29, 0.717) is 41.9 Å². The Hall–Kier alpha value is -4.53. The maximum Gasteiger partial charge on any atom is 0.321 e. The lowest BCUT2D eigenvalue weighted by molar-refractivity contribution is -0.132. The van der Waals surface area contributed by atoms with Gasteiger partial charge in [0.2, 0.25) is 12.1 Å². The number of hydrogen-bond donors (Lipinski definition) is 2. The molecule has 0 spiro atoms. The first-order chi connectivity index (χ1) is 20.9. The minimum absolute atomic E-state index is 0.143. The summed E-state index contributed by atoms with van der Waals surface area (Å²) in [6.45, 7) is 3.20. The first kappa shape index (κ1) is 28.6. The predicted octanol–water partition coefficient (Wildman–Crippen LogP) is 5.37. The van der Waals surface area contributed by atoms with Crippen molar-refractivity contribution in [1.29, 1.82) is 0 Å². The van der Waals surface area contributed by atoms with Crippen molar-refractivity contribution in [3.63, 3.8) is 0 Å². The van der Waals surface area contributed by atoms with Gasteiger partial charge in [-0.2, -0.15) is 0 Å². The number of anilines is 2. The largest absolute Gasteiger partial charge is 0.341 e. The number of hydrogen-bond acceptors (Lipinski definition) is 4. The zero-order valence-electron chi connectivity index (χ0n) is 24.3. The maximum atomic E-state index is 15.2. The number of carbonyl (C=O) groups is 3. The van der Waals surface area contributed by atoms with E-state index in [9.17, 15) is 14.4 Å². The van der Waals surface area contributed by atoms with Crippen molar-refractivity contribution < 1.29 is 18.8 Å². The van der Waals surface area contributed by atoms with Gasteiger partial charge in [0.25, 0.3) is 5.91 Å². The number of fused-ring (bicyclic) bond motifs is 5. The molecule has 1 unspecified atom stereocenters. The summed E-state index contributed by atoms with van der Waals surface area (Å²) in [6.07, 6.45) is 3.91. The van der Waals surface area contributed by atoms with Gasteiger partial charge in [-0.05, 0) is 79.8 Å². The molecule has 7 rings (SSSR count). The lowest BCUT2D eigenvalue weighted by Gasteiger charge is -2.29. The molecule has 222 valence electrons. The molecule has 2 saturated heterocycles. The number of urea groups is 1. The summed E-state index contributed by atoms with van der Waals surface area (Å²) in [4.78, 5) is 49.1. The average molecular weight is 582 g/mol. The molecule has 0 aromatic heterocycles. The number of halogens is 1. The van der Waals surface area contributed by atoms with E-state index >= 15 is 4.39 Å². The number of nitrogens with zero attached hydrogens (tertiary/aromatic N) is 3. The Morgan fingerprint density at radius 2 is 1.58 bits per heavy atom. The van der Waals surface area contributed by atoms with Crippen LogP contribution in [0.4, 0.5) is 20.6 Å². The van der Waals surface area contributed by atoms with Crippen molar-refractivity contribution in [2.75, 3.05) is 29.9 Å². The maximum absolute atomic E-state index is 15.2. The molecular weight excluding hydrogens is 545 g/mol. The summed E-state index contributed by atoms with van der Waals surface area (Å²) in [5.74, 6) is -0.254. The van der Waals surface area contributed by atoms with Crippen molar-refractivity contribution in [3.05, 3.63) is 95.3 Å². The Morgan fingerprint density at radius 1 is 0.907 bits per heavy atom. The highest BCUT2D eigenvalue weighted by Gasteiger charge is 2.37. The van der Waals surface area contributed by atoms with Crippen molar-refractivity contribution in [1.82, 2.24) is 10.2 Å². The molecule has 3 fully saturated rings. The molecule has 4 amide bonds. The number of carbonyl (C=O) groups excluding carboxylic acids is 3. The van der Waals surface area contributed by atoms with Crippen LogP contribution in [0.1, 0.15) is 49.3 Å². The Kier molecular flexibility index (Phi) is 8.22. The number of rotatable bonds is 6. The van der Waals surface area contributed by atoms with Crippen molar-refractivity contribution in [2.45, 2.75) is 45.2 Å². The molecule has 8 nitrogen and oxygen atoms in total. The zero-order chi connectivity index (χ0) is 29.9. The molecule has 3 aliphatic heterocycles. The monoisotopic (exact) mass is 581 g/mol. The Balaban J connectivity index is 1.35. The van der Waals surface area contributed by atoms with Gasteiger partial charge in [-0.15, -0.1) is 0 Å². The summed E-state index contributed by atoms with van der Waals surface area (Å²) in [7, 11) is 0. The van der Waals surface area contributed by atoms with Crippen LogP contribution in [0.5, 0.6) is 0 Å². The van der Waals surface area contributed by atoms with Gasteiger partial charge in [0.05, 0.1) is 11.4 Å². The summed E-state index contributed by atoms with van der Waals surface area (Å²) in [6, 6.07) is 20.1. The van der Waals surface area contributed by atoms with E-state index in [4.69, 9.17) is 0 Å². The zero-order valence-corrected chi connectivity index (χ0v) is 24.3. The molecule has 9 heteroatoms. The van der Waals surface area contributed by atoms with E-state index in [1.54, 1.807) is 48.5 Å². The molecule has 4 aliphatic rings. The summed E-state index contributed by atoms with van der Waals surface area (Å²) >= 11 is 0. The molecular formula is C34H36FN5O3. The van der Waals surface area contributed by atoms with E-state index in [2.05, 4.69) is 15.6 Å². The normalized spacial score (nSPS) is 21.4.